The van der Waals surface area contributed by atoms with Crippen LogP contribution in [0.4, 0.5) is 5.69 Å². The summed E-state index contributed by atoms with van der Waals surface area (Å²) in [6, 6.07) is 7.48. The third-order valence-electron chi connectivity index (χ3n) is 2.11. The Balaban J connectivity index is 2.92. The first-order chi connectivity index (χ1) is 7.67. The van der Waals surface area contributed by atoms with E-state index in [0.29, 0.717) is 12.8 Å². The molecule has 0 radical (unpaired) electrons. The normalized spacial score (nSPS) is 9.31. The van der Waals surface area contributed by atoms with E-state index < -0.39 is 0 Å². The summed E-state index contributed by atoms with van der Waals surface area (Å²) in [5.74, 6) is 0.626. The fourth-order valence-electron chi connectivity index (χ4n) is 1.45. The number of carbonyl (C=O) groups excluding carboxylic acids is 1. The van der Waals surface area contributed by atoms with Crippen molar-refractivity contribution in [1.82, 2.24) is 0 Å². The first kappa shape index (κ1) is 12.1. The van der Waals surface area contributed by atoms with Crippen LogP contribution in [0, 0.1) is 11.3 Å². The van der Waals surface area contributed by atoms with Crippen LogP contribution in [0.15, 0.2) is 18.2 Å². The van der Waals surface area contributed by atoms with Crippen molar-refractivity contribution in [3.05, 3.63) is 23.8 Å². The number of methoxy groups -OCH3 is 1. The lowest BCUT2D eigenvalue weighted by molar-refractivity contribution is -0.114. The summed E-state index contributed by atoms with van der Waals surface area (Å²) in [5, 5.41) is 11.2. The molecule has 0 aromatic heterocycles. The van der Waals surface area contributed by atoms with Gasteiger partial charge in [0.25, 0.3) is 0 Å². The van der Waals surface area contributed by atoms with Crippen LogP contribution in [0.1, 0.15) is 18.9 Å². The number of nitrogens with one attached hydrogen (secondary N) is 1. The minimum absolute atomic E-state index is 0.114. The number of ether oxygens (including phenoxy) is 1. The Morgan fingerprint density at radius 3 is 2.88 bits per heavy atom. The monoisotopic (exact) mass is 218 g/mol. The average molecular weight is 218 g/mol. The van der Waals surface area contributed by atoms with Crippen molar-refractivity contribution in [3.63, 3.8) is 0 Å². The molecular formula is C12H14N2O2. The number of nitrogens with zero attached hydrogens (tertiary/aromatic N) is 1. The highest BCUT2D eigenvalue weighted by atomic mass is 16.5. The highest BCUT2D eigenvalue weighted by molar-refractivity contribution is 5.88. The van der Waals surface area contributed by atoms with E-state index in [1.165, 1.54) is 6.92 Å². The van der Waals surface area contributed by atoms with Gasteiger partial charge in [-0.15, -0.1) is 0 Å². The van der Waals surface area contributed by atoms with E-state index in [0.717, 1.165) is 17.0 Å². The summed E-state index contributed by atoms with van der Waals surface area (Å²) in [5.41, 5.74) is 1.65. The smallest absolute Gasteiger partial charge is 0.221 e. The quantitative estimate of drug-likeness (QED) is 0.841. The van der Waals surface area contributed by atoms with Crippen LogP contribution in [-0.4, -0.2) is 13.0 Å². The Labute approximate surface area is 94.8 Å². The van der Waals surface area contributed by atoms with Crippen LogP contribution in [0.5, 0.6) is 5.75 Å². The molecule has 0 unspecified atom stereocenters. The number of amides is 1. The summed E-state index contributed by atoms with van der Waals surface area (Å²) in [6.07, 6.45) is 1.05. The van der Waals surface area contributed by atoms with E-state index in [2.05, 4.69) is 11.4 Å². The van der Waals surface area contributed by atoms with Crippen LogP contribution in [-0.2, 0) is 11.2 Å². The van der Waals surface area contributed by atoms with Crippen molar-refractivity contribution in [2.24, 2.45) is 0 Å². The van der Waals surface area contributed by atoms with Crippen molar-refractivity contribution in [2.45, 2.75) is 19.8 Å². The van der Waals surface area contributed by atoms with Gasteiger partial charge >= 0.3 is 0 Å². The van der Waals surface area contributed by atoms with Crippen molar-refractivity contribution in [3.8, 4) is 11.8 Å². The first-order valence-corrected chi connectivity index (χ1v) is 4.99. The molecule has 0 fully saturated rings. The van der Waals surface area contributed by atoms with Gasteiger partial charge in [-0.25, -0.2) is 0 Å². The Morgan fingerprint density at radius 2 is 2.31 bits per heavy atom. The molecule has 1 rings (SSSR count). The zero-order chi connectivity index (χ0) is 12.0. The van der Waals surface area contributed by atoms with Gasteiger partial charge in [-0.3, -0.25) is 4.79 Å². The maximum Gasteiger partial charge on any atom is 0.221 e. The molecule has 0 saturated carbocycles. The van der Waals surface area contributed by atoms with Crippen molar-refractivity contribution < 1.29 is 9.53 Å². The number of anilines is 1. The molecule has 4 heteroatoms. The predicted molar refractivity (Wildman–Crippen MR) is 61.2 cm³/mol. The number of hydrogen-bond donors (Lipinski definition) is 1. The van der Waals surface area contributed by atoms with Gasteiger partial charge in [0.1, 0.15) is 5.75 Å². The van der Waals surface area contributed by atoms with Crippen molar-refractivity contribution in [2.75, 3.05) is 12.4 Å². The molecule has 0 aliphatic carbocycles. The molecule has 0 bridgehead atoms. The Morgan fingerprint density at radius 1 is 1.56 bits per heavy atom. The Kier molecular flexibility index (Phi) is 4.34. The van der Waals surface area contributed by atoms with E-state index in [1.54, 1.807) is 19.2 Å². The second-order valence-corrected chi connectivity index (χ2v) is 3.37. The van der Waals surface area contributed by atoms with Gasteiger partial charge in [-0.1, -0.05) is 0 Å². The van der Waals surface area contributed by atoms with E-state index in [1.807, 2.05) is 6.07 Å². The standard InChI is InChI=1S/C12H14N2O2/c1-9(15)14-11-5-6-12(16-2)10(8-11)4-3-7-13/h5-6,8H,3-4H2,1-2H3,(H,14,15). The SMILES string of the molecule is COc1ccc(NC(C)=O)cc1CCC#N. The molecule has 0 spiro atoms. The maximum atomic E-state index is 10.9. The van der Waals surface area contributed by atoms with Crippen LogP contribution < -0.4 is 10.1 Å². The minimum Gasteiger partial charge on any atom is -0.496 e. The molecule has 0 aliphatic heterocycles. The molecule has 1 amide bonds. The van der Waals surface area contributed by atoms with Gasteiger partial charge in [-0.05, 0) is 30.2 Å². The Hall–Kier alpha value is -2.02. The number of hydrogen-bond acceptors (Lipinski definition) is 3. The highest BCUT2D eigenvalue weighted by Gasteiger charge is 2.05. The summed E-state index contributed by atoms with van der Waals surface area (Å²) in [7, 11) is 1.59. The van der Waals surface area contributed by atoms with Gasteiger partial charge in [0.05, 0.1) is 13.2 Å². The van der Waals surface area contributed by atoms with Crippen LogP contribution in [0.3, 0.4) is 0 Å². The maximum absolute atomic E-state index is 10.9. The molecule has 0 aliphatic rings. The number of rotatable bonds is 4. The van der Waals surface area contributed by atoms with Crippen LogP contribution in [0.2, 0.25) is 0 Å². The van der Waals surface area contributed by atoms with Crippen molar-refractivity contribution >= 4 is 11.6 Å². The zero-order valence-electron chi connectivity index (χ0n) is 9.41. The largest absolute Gasteiger partial charge is 0.496 e. The fraction of sp³-hybridized carbons (Fsp3) is 0.333. The second-order valence-electron chi connectivity index (χ2n) is 3.37. The third-order valence-corrected chi connectivity index (χ3v) is 2.11. The lowest BCUT2D eigenvalue weighted by Crippen LogP contribution is -2.06. The number of nitriles is 1. The number of aryl methyl sites for hydroxylation is 1. The van der Waals surface area contributed by atoms with Gasteiger partial charge in [0.15, 0.2) is 0 Å². The molecule has 1 aromatic carbocycles. The van der Waals surface area contributed by atoms with Crippen molar-refractivity contribution in [1.29, 1.82) is 5.26 Å². The minimum atomic E-state index is -0.114. The number of benzene rings is 1. The zero-order valence-corrected chi connectivity index (χ0v) is 9.41. The molecule has 0 saturated heterocycles. The molecular weight excluding hydrogens is 204 g/mol. The van der Waals surface area contributed by atoms with Gasteiger partial charge in [0, 0.05) is 19.0 Å². The van der Waals surface area contributed by atoms with Crippen LogP contribution in [0.25, 0.3) is 0 Å². The lowest BCUT2D eigenvalue weighted by Gasteiger charge is -2.09. The summed E-state index contributed by atoms with van der Waals surface area (Å²) in [4.78, 5) is 10.9. The second kappa shape index (κ2) is 5.76. The Bertz CT molecular complexity index is 422. The van der Waals surface area contributed by atoms with E-state index in [-0.39, 0.29) is 5.91 Å². The lowest BCUT2D eigenvalue weighted by atomic mass is 10.1. The third kappa shape index (κ3) is 3.28. The summed E-state index contributed by atoms with van der Waals surface area (Å²) in [6.45, 7) is 1.46. The highest BCUT2D eigenvalue weighted by Crippen LogP contribution is 2.23. The van der Waals surface area contributed by atoms with Gasteiger partial charge in [0.2, 0.25) is 5.91 Å². The molecule has 16 heavy (non-hydrogen) atoms. The van der Waals surface area contributed by atoms with E-state index >= 15 is 0 Å². The summed E-state index contributed by atoms with van der Waals surface area (Å²) < 4.78 is 5.18. The molecule has 84 valence electrons. The van der Waals surface area contributed by atoms with Gasteiger partial charge < -0.3 is 10.1 Å². The molecule has 4 nitrogen and oxygen atoms in total. The first-order valence-electron chi connectivity index (χ1n) is 4.99. The molecule has 0 atom stereocenters. The predicted octanol–water partition coefficient (Wildman–Crippen LogP) is 2.11. The topological polar surface area (TPSA) is 62.1 Å². The van der Waals surface area contributed by atoms with E-state index in [9.17, 15) is 4.79 Å². The molecule has 1 aromatic rings. The van der Waals surface area contributed by atoms with Crippen LogP contribution >= 0.6 is 0 Å². The number of carbonyl (C=O) groups is 1. The molecule has 1 N–H and O–H groups in total. The van der Waals surface area contributed by atoms with E-state index in [4.69, 9.17) is 10.00 Å². The molecule has 0 heterocycles. The summed E-state index contributed by atoms with van der Waals surface area (Å²) >= 11 is 0. The van der Waals surface area contributed by atoms with Gasteiger partial charge in [-0.2, -0.15) is 5.26 Å². The average Bonchev–Trinajstić information content (AvgIpc) is 2.25. The fourth-order valence-corrected chi connectivity index (χ4v) is 1.45.